The quantitative estimate of drug-likeness (QED) is 0.643. The number of alkyl halides is 3. The van der Waals surface area contributed by atoms with Crippen LogP contribution in [0.15, 0.2) is 66.9 Å². The SMILES string of the molecule is CNC(=O)c1cc(Oc2ccc(NC(=O)c3cccc(C(F)(F)F)c3)cc2)ccn1. The Morgan fingerprint density at radius 3 is 2.33 bits per heavy atom. The van der Waals surface area contributed by atoms with Crippen LogP contribution in [0.2, 0.25) is 0 Å². The van der Waals surface area contributed by atoms with E-state index in [9.17, 15) is 22.8 Å². The zero-order valence-corrected chi connectivity index (χ0v) is 15.7. The minimum absolute atomic E-state index is 0.108. The Morgan fingerprint density at radius 2 is 1.67 bits per heavy atom. The van der Waals surface area contributed by atoms with E-state index in [1.165, 1.54) is 31.4 Å². The third-order valence-electron chi connectivity index (χ3n) is 3.99. The number of pyridine rings is 1. The molecule has 6 nitrogen and oxygen atoms in total. The van der Waals surface area contributed by atoms with Gasteiger partial charge in [0.15, 0.2) is 0 Å². The summed E-state index contributed by atoms with van der Waals surface area (Å²) >= 11 is 0. The van der Waals surface area contributed by atoms with Crippen LogP contribution in [-0.4, -0.2) is 23.8 Å². The Kier molecular flexibility index (Phi) is 6.01. The van der Waals surface area contributed by atoms with Crippen LogP contribution in [0.3, 0.4) is 0 Å². The molecule has 3 aromatic rings. The van der Waals surface area contributed by atoms with Gasteiger partial charge in [-0.05, 0) is 48.5 Å². The lowest BCUT2D eigenvalue weighted by Gasteiger charge is -2.10. The molecule has 2 aromatic carbocycles. The highest BCUT2D eigenvalue weighted by Gasteiger charge is 2.30. The molecule has 1 aromatic heterocycles. The number of ether oxygens (including phenoxy) is 1. The smallest absolute Gasteiger partial charge is 0.416 e. The van der Waals surface area contributed by atoms with Gasteiger partial charge < -0.3 is 15.4 Å². The number of hydrogen-bond acceptors (Lipinski definition) is 4. The summed E-state index contributed by atoms with van der Waals surface area (Å²) in [5.41, 5.74) is -0.429. The van der Waals surface area contributed by atoms with Crippen LogP contribution >= 0.6 is 0 Å². The number of amides is 2. The normalized spacial score (nSPS) is 10.9. The average Bonchev–Trinajstić information content (AvgIpc) is 2.74. The van der Waals surface area contributed by atoms with E-state index in [-0.39, 0.29) is 17.2 Å². The maximum Gasteiger partial charge on any atom is 0.416 e. The monoisotopic (exact) mass is 415 g/mol. The number of benzene rings is 2. The Balaban J connectivity index is 1.68. The molecule has 0 aliphatic heterocycles. The Hall–Kier alpha value is -3.88. The first-order valence-corrected chi connectivity index (χ1v) is 8.71. The molecule has 30 heavy (non-hydrogen) atoms. The van der Waals surface area contributed by atoms with E-state index < -0.39 is 17.6 Å². The van der Waals surface area contributed by atoms with Crippen molar-refractivity contribution in [2.24, 2.45) is 0 Å². The summed E-state index contributed by atoms with van der Waals surface area (Å²) < 4.78 is 44.1. The third kappa shape index (κ3) is 5.13. The van der Waals surface area contributed by atoms with Crippen molar-refractivity contribution in [3.8, 4) is 11.5 Å². The molecule has 0 aliphatic rings. The molecule has 0 radical (unpaired) electrons. The molecule has 3 rings (SSSR count). The molecule has 9 heteroatoms. The number of carbonyl (C=O) groups excluding carboxylic acids is 2. The topological polar surface area (TPSA) is 80.3 Å². The number of rotatable bonds is 5. The molecular formula is C21H16F3N3O3. The Bertz CT molecular complexity index is 1070. The molecule has 0 saturated carbocycles. The number of nitrogens with one attached hydrogen (secondary N) is 2. The second-order valence-electron chi connectivity index (χ2n) is 6.12. The predicted molar refractivity (Wildman–Crippen MR) is 104 cm³/mol. The molecule has 0 bridgehead atoms. The van der Waals surface area contributed by atoms with Gasteiger partial charge in [0.05, 0.1) is 5.56 Å². The van der Waals surface area contributed by atoms with Crippen LogP contribution in [0.4, 0.5) is 18.9 Å². The largest absolute Gasteiger partial charge is 0.457 e. The van der Waals surface area contributed by atoms with Crippen LogP contribution in [0, 0.1) is 0 Å². The van der Waals surface area contributed by atoms with E-state index in [0.717, 1.165) is 12.1 Å². The predicted octanol–water partition coefficient (Wildman–Crippen LogP) is 4.50. The van der Waals surface area contributed by atoms with Crippen molar-refractivity contribution in [1.29, 1.82) is 0 Å². The van der Waals surface area contributed by atoms with Crippen LogP contribution in [0.1, 0.15) is 26.4 Å². The van der Waals surface area contributed by atoms with E-state index in [1.54, 1.807) is 30.3 Å². The molecule has 0 spiro atoms. The van der Waals surface area contributed by atoms with Crippen LogP contribution < -0.4 is 15.4 Å². The van der Waals surface area contributed by atoms with Crippen molar-refractivity contribution in [2.75, 3.05) is 12.4 Å². The summed E-state index contributed by atoms with van der Waals surface area (Å²) in [5.74, 6) is -0.197. The summed E-state index contributed by atoms with van der Waals surface area (Å²) in [4.78, 5) is 27.8. The molecular weight excluding hydrogens is 399 g/mol. The van der Waals surface area contributed by atoms with Crippen LogP contribution in [-0.2, 0) is 6.18 Å². The molecule has 0 atom stereocenters. The molecule has 2 N–H and O–H groups in total. The molecule has 0 saturated heterocycles. The van der Waals surface area contributed by atoms with E-state index in [1.807, 2.05) is 0 Å². The first-order valence-electron chi connectivity index (χ1n) is 8.71. The fourth-order valence-corrected chi connectivity index (χ4v) is 2.51. The van der Waals surface area contributed by atoms with Crippen LogP contribution in [0.25, 0.3) is 0 Å². The van der Waals surface area contributed by atoms with Crippen molar-refractivity contribution >= 4 is 17.5 Å². The lowest BCUT2D eigenvalue weighted by atomic mass is 10.1. The molecule has 1 heterocycles. The van der Waals surface area contributed by atoms with Gasteiger partial charge in [-0.2, -0.15) is 13.2 Å². The molecule has 0 aliphatic carbocycles. The number of hydrogen-bond donors (Lipinski definition) is 2. The van der Waals surface area contributed by atoms with Gasteiger partial charge in [-0.3, -0.25) is 14.6 Å². The standard InChI is InChI=1S/C21H16F3N3O3/c1-25-20(29)18-12-17(9-10-26-18)30-16-7-5-15(6-8-16)27-19(28)13-3-2-4-14(11-13)21(22,23)24/h2-12H,1H3,(H,25,29)(H,27,28). The number of aromatic nitrogens is 1. The Morgan fingerprint density at radius 1 is 0.933 bits per heavy atom. The van der Waals surface area contributed by atoms with Crippen molar-refractivity contribution in [3.05, 3.63) is 83.7 Å². The lowest BCUT2D eigenvalue weighted by Crippen LogP contribution is -2.18. The average molecular weight is 415 g/mol. The van der Waals surface area contributed by atoms with Gasteiger partial charge in [0.1, 0.15) is 17.2 Å². The number of halogens is 3. The van der Waals surface area contributed by atoms with Crippen molar-refractivity contribution in [2.45, 2.75) is 6.18 Å². The second kappa shape index (κ2) is 8.64. The third-order valence-corrected chi connectivity index (χ3v) is 3.99. The maximum atomic E-state index is 12.8. The number of nitrogens with zero attached hydrogens (tertiary/aromatic N) is 1. The zero-order chi connectivity index (χ0) is 21.7. The van der Waals surface area contributed by atoms with E-state index in [0.29, 0.717) is 17.2 Å². The fourth-order valence-electron chi connectivity index (χ4n) is 2.51. The summed E-state index contributed by atoms with van der Waals surface area (Å²) in [7, 11) is 1.49. The van der Waals surface area contributed by atoms with Gasteiger partial charge in [-0.25, -0.2) is 0 Å². The van der Waals surface area contributed by atoms with Crippen LogP contribution in [0.5, 0.6) is 11.5 Å². The second-order valence-corrected chi connectivity index (χ2v) is 6.12. The van der Waals surface area contributed by atoms with Crippen molar-refractivity contribution in [1.82, 2.24) is 10.3 Å². The van der Waals surface area contributed by atoms with E-state index in [4.69, 9.17) is 4.74 Å². The fraction of sp³-hybridized carbons (Fsp3) is 0.0952. The molecule has 0 fully saturated rings. The highest BCUT2D eigenvalue weighted by atomic mass is 19.4. The first-order chi connectivity index (χ1) is 14.3. The molecule has 2 amide bonds. The summed E-state index contributed by atoms with van der Waals surface area (Å²) in [6, 6.07) is 13.5. The zero-order valence-electron chi connectivity index (χ0n) is 15.7. The Labute approximate surface area is 169 Å². The van der Waals surface area contributed by atoms with Crippen molar-refractivity contribution in [3.63, 3.8) is 0 Å². The number of anilines is 1. The minimum atomic E-state index is -4.53. The molecule has 0 unspecified atom stereocenters. The van der Waals surface area contributed by atoms with Gasteiger partial charge in [-0.15, -0.1) is 0 Å². The van der Waals surface area contributed by atoms with Gasteiger partial charge >= 0.3 is 6.18 Å². The van der Waals surface area contributed by atoms with Crippen molar-refractivity contribution < 1.29 is 27.5 Å². The van der Waals surface area contributed by atoms with Gasteiger partial charge in [0.25, 0.3) is 11.8 Å². The first kappa shape index (κ1) is 20.8. The number of carbonyl (C=O) groups is 2. The van der Waals surface area contributed by atoms with Gasteiger partial charge in [0, 0.05) is 30.6 Å². The molecule has 154 valence electrons. The maximum absolute atomic E-state index is 12.8. The lowest BCUT2D eigenvalue weighted by molar-refractivity contribution is -0.137. The van der Waals surface area contributed by atoms with E-state index >= 15 is 0 Å². The minimum Gasteiger partial charge on any atom is -0.457 e. The van der Waals surface area contributed by atoms with Gasteiger partial charge in [0.2, 0.25) is 0 Å². The summed E-state index contributed by atoms with van der Waals surface area (Å²) in [5, 5.41) is 5.00. The highest BCUT2D eigenvalue weighted by Crippen LogP contribution is 2.30. The summed E-state index contributed by atoms with van der Waals surface area (Å²) in [6.07, 6.45) is -3.09. The summed E-state index contributed by atoms with van der Waals surface area (Å²) in [6.45, 7) is 0. The van der Waals surface area contributed by atoms with E-state index in [2.05, 4.69) is 15.6 Å². The van der Waals surface area contributed by atoms with Gasteiger partial charge in [-0.1, -0.05) is 6.07 Å². The highest BCUT2D eigenvalue weighted by molar-refractivity contribution is 6.04.